The van der Waals surface area contributed by atoms with Crippen molar-refractivity contribution in [1.82, 2.24) is 0 Å². The van der Waals surface area contributed by atoms with E-state index in [0.717, 1.165) is 0 Å². The lowest BCUT2D eigenvalue weighted by molar-refractivity contribution is -0.119. The molecule has 4 aliphatic carbocycles. The summed E-state index contributed by atoms with van der Waals surface area (Å²) in [5.41, 5.74) is 4.70. The zero-order valence-corrected chi connectivity index (χ0v) is 13.9. The van der Waals surface area contributed by atoms with E-state index in [0.29, 0.717) is 11.6 Å². The molecule has 0 saturated heterocycles. The van der Waals surface area contributed by atoms with Gasteiger partial charge < -0.3 is 0 Å². The SMILES string of the molecule is O=C1C2C=CC1c1cc3cc4cc5c(cc4cc3cc12)C1C=C[C@H]5C1=O. The number of carbonyl (C=O) groups is 2. The summed E-state index contributed by atoms with van der Waals surface area (Å²) in [6.07, 6.45) is 8.18. The summed E-state index contributed by atoms with van der Waals surface area (Å²) in [7, 11) is 0. The van der Waals surface area contributed by atoms with E-state index < -0.39 is 0 Å². The molecule has 3 aromatic carbocycles. The zero-order chi connectivity index (χ0) is 17.2. The zero-order valence-electron chi connectivity index (χ0n) is 13.9. The smallest absolute Gasteiger partial charge is 0.155 e. The minimum atomic E-state index is -0.0476. The summed E-state index contributed by atoms with van der Waals surface area (Å²) in [5.74, 6) is 0.449. The van der Waals surface area contributed by atoms with Crippen LogP contribution >= 0.6 is 0 Å². The first-order valence-electron chi connectivity index (χ1n) is 9.18. The topological polar surface area (TPSA) is 34.1 Å². The van der Waals surface area contributed by atoms with E-state index >= 15 is 0 Å². The van der Waals surface area contributed by atoms with Crippen LogP contribution in [-0.2, 0) is 9.59 Å². The minimum absolute atomic E-state index is 0.0476. The van der Waals surface area contributed by atoms with E-state index in [9.17, 15) is 9.59 Å². The van der Waals surface area contributed by atoms with Crippen LogP contribution in [0.15, 0.2) is 60.7 Å². The third-order valence-corrected chi connectivity index (χ3v) is 6.76. The predicted octanol–water partition coefficient (Wildman–Crippen LogP) is 4.63. The van der Waals surface area contributed by atoms with Gasteiger partial charge in [0, 0.05) is 0 Å². The fourth-order valence-corrected chi connectivity index (χ4v) is 5.49. The number of ketones is 2. The monoisotopic (exact) mass is 334 g/mol. The number of hydrogen-bond donors (Lipinski definition) is 0. The van der Waals surface area contributed by atoms with Crippen LogP contribution < -0.4 is 0 Å². The molecule has 122 valence electrons. The highest BCUT2D eigenvalue weighted by molar-refractivity contribution is 6.08. The first-order chi connectivity index (χ1) is 12.7. The van der Waals surface area contributed by atoms with E-state index in [2.05, 4.69) is 36.4 Å². The summed E-state index contributed by atoms with van der Waals surface area (Å²) >= 11 is 0. The number of rotatable bonds is 0. The van der Waals surface area contributed by atoms with E-state index in [1.165, 1.54) is 43.8 Å². The Bertz CT molecular complexity index is 1100. The standard InChI is InChI=1S/C24H14O2/c25-23-15-1-2-16(23)20-8-12-6-14-10-22-18-4-3-17(24(18)26)21(22)9-13(14)5-11(12)7-19(15)20/h1-10,15-18H/t15-,16?,17?,18?/m1/s1. The van der Waals surface area contributed by atoms with Crippen molar-refractivity contribution in [3.05, 3.63) is 83.0 Å². The second-order valence-corrected chi connectivity index (χ2v) is 7.99. The van der Waals surface area contributed by atoms with Crippen molar-refractivity contribution in [1.29, 1.82) is 0 Å². The van der Waals surface area contributed by atoms with Crippen LogP contribution in [0.3, 0.4) is 0 Å². The van der Waals surface area contributed by atoms with Gasteiger partial charge >= 0.3 is 0 Å². The number of hydrogen-bond acceptors (Lipinski definition) is 2. The molecule has 0 saturated carbocycles. The molecule has 0 spiro atoms. The largest absolute Gasteiger partial charge is 0.298 e. The molecule has 0 amide bonds. The van der Waals surface area contributed by atoms with Crippen molar-refractivity contribution >= 4 is 33.1 Å². The van der Waals surface area contributed by atoms with Crippen LogP contribution in [0, 0.1) is 0 Å². The van der Waals surface area contributed by atoms with Gasteiger partial charge in [0.15, 0.2) is 11.6 Å². The third kappa shape index (κ3) is 1.35. The lowest BCUT2D eigenvalue weighted by atomic mass is 9.89. The number of carbonyl (C=O) groups excluding carboxylic acids is 2. The first-order valence-corrected chi connectivity index (χ1v) is 9.18. The minimum Gasteiger partial charge on any atom is -0.298 e. The summed E-state index contributed by atoms with van der Waals surface area (Å²) in [6.45, 7) is 0. The number of Topliss-reactive ketones (excluding diaryl/α,β-unsaturated/α-hetero) is 2. The van der Waals surface area contributed by atoms with Crippen LogP contribution in [0.4, 0.5) is 0 Å². The van der Waals surface area contributed by atoms with Crippen LogP contribution in [0.25, 0.3) is 21.5 Å². The van der Waals surface area contributed by atoms with Gasteiger partial charge in [-0.1, -0.05) is 24.3 Å². The summed E-state index contributed by atoms with van der Waals surface area (Å²) in [6, 6.07) is 13.2. The Labute approximate surface area is 149 Å². The van der Waals surface area contributed by atoms with Gasteiger partial charge in [-0.3, -0.25) is 9.59 Å². The Hall–Kier alpha value is -3.00. The molecular weight excluding hydrogens is 320 g/mol. The number of benzene rings is 3. The van der Waals surface area contributed by atoms with Gasteiger partial charge in [-0.2, -0.15) is 0 Å². The Morgan fingerprint density at radius 2 is 0.692 bits per heavy atom. The molecule has 4 aliphatic rings. The number of allylic oxidation sites excluding steroid dienone is 4. The molecule has 0 aliphatic heterocycles. The van der Waals surface area contributed by atoms with Gasteiger partial charge in [0.05, 0.1) is 23.7 Å². The lowest BCUT2D eigenvalue weighted by Crippen LogP contribution is -2.00. The fourth-order valence-electron chi connectivity index (χ4n) is 5.49. The fraction of sp³-hybridized carbons (Fsp3) is 0.167. The summed E-state index contributed by atoms with van der Waals surface area (Å²) in [5, 5.41) is 4.70. The van der Waals surface area contributed by atoms with Crippen molar-refractivity contribution in [2.75, 3.05) is 0 Å². The molecular formula is C24H14O2. The van der Waals surface area contributed by atoms with Gasteiger partial charge in [-0.05, 0) is 80.2 Å². The summed E-state index contributed by atoms with van der Waals surface area (Å²) in [4.78, 5) is 24.8. The van der Waals surface area contributed by atoms with Gasteiger partial charge in [-0.15, -0.1) is 0 Å². The Morgan fingerprint density at radius 3 is 0.962 bits per heavy atom. The molecule has 0 N–H and O–H groups in total. The Kier molecular flexibility index (Phi) is 2.06. The molecule has 26 heavy (non-hydrogen) atoms. The molecule has 2 heteroatoms. The van der Waals surface area contributed by atoms with Crippen molar-refractivity contribution in [2.45, 2.75) is 23.7 Å². The van der Waals surface area contributed by atoms with Gasteiger partial charge in [0.1, 0.15) is 0 Å². The van der Waals surface area contributed by atoms with Crippen molar-refractivity contribution in [3.63, 3.8) is 0 Å². The second kappa shape index (κ2) is 4.04. The predicted molar refractivity (Wildman–Crippen MR) is 101 cm³/mol. The first kappa shape index (κ1) is 13.2. The average molecular weight is 334 g/mol. The highest BCUT2D eigenvalue weighted by Crippen LogP contribution is 2.49. The summed E-state index contributed by atoms with van der Waals surface area (Å²) < 4.78 is 0. The highest BCUT2D eigenvalue weighted by Gasteiger charge is 2.42. The maximum Gasteiger partial charge on any atom is 0.155 e. The van der Waals surface area contributed by atoms with Crippen LogP contribution in [0.1, 0.15) is 45.9 Å². The van der Waals surface area contributed by atoms with Gasteiger partial charge in [0.25, 0.3) is 0 Å². The van der Waals surface area contributed by atoms with Crippen LogP contribution in [-0.4, -0.2) is 11.6 Å². The molecule has 0 radical (unpaired) electrons. The van der Waals surface area contributed by atoms with E-state index in [1.54, 1.807) is 0 Å². The molecule has 0 fully saturated rings. The Balaban J connectivity index is 1.51. The number of fused-ring (bicyclic) bond motifs is 12. The average Bonchev–Trinajstić information content (AvgIpc) is 3.34. The molecule has 2 nitrogen and oxygen atoms in total. The molecule has 4 atom stereocenters. The molecule has 0 aromatic heterocycles. The molecule has 0 heterocycles. The van der Waals surface area contributed by atoms with Gasteiger partial charge in [0.2, 0.25) is 0 Å². The Morgan fingerprint density at radius 1 is 0.423 bits per heavy atom. The second-order valence-electron chi connectivity index (χ2n) is 7.99. The lowest BCUT2D eigenvalue weighted by Gasteiger charge is -2.14. The normalized spacial score (nSPS) is 29.4. The van der Waals surface area contributed by atoms with E-state index in [-0.39, 0.29) is 23.7 Å². The molecule has 3 aromatic rings. The van der Waals surface area contributed by atoms with Crippen molar-refractivity contribution in [2.24, 2.45) is 0 Å². The van der Waals surface area contributed by atoms with Gasteiger partial charge in [-0.25, -0.2) is 0 Å². The highest BCUT2D eigenvalue weighted by atomic mass is 16.1. The molecule has 3 unspecified atom stereocenters. The van der Waals surface area contributed by atoms with Crippen LogP contribution in [0.5, 0.6) is 0 Å². The van der Waals surface area contributed by atoms with Crippen LogP contribution in [0.2, 0.25) is 0 Å². The molecule has 4 bridgehead atoms. The molecule has 7 rings (SSSR count). The van der Waals surface area contributed by atoms with E-state index in [4.69, 9.17) is 0 Å². The maximum atomic E-state index is 12.4. The van der Waals surface area contributed by atoms with Crippen molar-refractivity contribution < 1.29 is 9.59 Å². The maximum absolute atomic E-state index is 12.4. The quantitative estimate of drug-likeness (QED) is 0.444. The third-order valence-electron chi connectivity index (χ3n) is 6.76. The van der Waals surface area contributed by atoms with E-state index in [1.807, 2.05) is 24.3 Å². The van der Waals surface area contributed by atoms with Crippen molar-refractivity contribution in [3.8, 4) is 0 Å².